The lowest BCUT2D eigenvalue weighted by Crippen LogP contribution is -2.31. The number of esters is 1. The van der Waals surface area contributed by atoms with E-state index in [2.05, 4.69) is 5.32 Å². The van der Waals surface area contributed by atoms with Crippen LogP contribution in [0.2, 0.25) is 0 Å². The number of nitrogens with zero attached hydrogens (tertiary/aromatic N) is 1. The smallest absolute Gasteiger partial charge is 0.348 e. The summed E-state index contributed by atoms with van der Waals surface area (Å²) in [7, 11) is -3.49. The minimum Gasteiger partial charge on any atom is -0.462 e. The molecule has 9 heteroatoms. The van der Waals surface area contributed by atoms with Crippen molar-refractivity contribution in [3.8, 4) is 0 Å². The van der Waals surface area contributed by atoms with Crippen molar-refractivity contribution in [3.63, 3.8) is 0 Å². The molecule has 3 N–H and O–H groups in total. The van der Waals surface area contributed by atoms with Gasteiger partial charge in [-0.15, -0.1) is 11.3 Å². The van der Waals surface area contributed by atoms with E-state index in [1.165, 1.54) is 15.6 Å². The highest BCUT2D eigenvalue weighted by atomic mass is 32.3. The standard InChI is InChI=1S/C25H28N2O5S2/c1-4-6-14-27-24(28)21(23(34(27,30)31)17-10-8-7-9-11-17)26-18-12-13-20-19(15-18)16(3)22(33-20)25(29)32-5-2/h7-13,15,26,30-31H,4-6,14H2,1-3H3. The van der Waals surface area contributed by atoms with Crippen LogP contribution >= 0.6 is 22.1 Å². The molecule has 0 radical (unpaired) electrons. The molecule has 0 fully saturated rings. The lowest BCUT2D eigenvalue weighted by Gasteiger charge is -2.38. The number of unbranched alkanes of at least 4 members (excludes halogenated alkanes) is 1. The van der Waals surface area contributed by atoms with Crippen LogP contribution in [0.1, 0.15) is 47.5 Å². The molecule has 0 bridgehead atoms. The van der Waals surface area contributed by atoms with Crippen molar-refractivity contribution in [2.45, 2.75) is 33.6 Å². The normalized spacial score (nSPS) is 16.3. The number of anilines is 1. The molecule has 1 amide bonds. The van der Waals surface area contributed by atoms with Crippen molar-refractivity contribution in [1.82, 2.24) is 4.31 Å². The fourth-order valence-electron chi connectivity index (χ4n) is 3.95. The molecule has 0 spiro atoms. The summed E-state index contributed by atoms with van der Waals surface area (Å²) in [5, 5.41) is 4.04. The first kappa shape index (κ1) is 24.3. The minimum atomic E-state index is -3.49. The van der Waals surface area contributed by atoms with Crippen molar-refractivity contribution in [2.24, 2.45) is 0 Å². The Morgan fingerprint density at radius 2 is 1.88 bits per heavy atom. The molecular formula is C25H28N2O5S2. The van der Waals surface area contributed by atoms with E-state index in [0.717, 1.165) is 22.1 Å². The Morgan fingerprint density at radius 3 is 2.56 bits per heavy atom. The van der Waals surface area contributed by atoms with Crippen molar-refractivity contribution < 1.29 is 23.4 Å². The van der Waals surface area contributed by atoms with Gasteiger partial charge in [0.2, 0.25) is 0 Å². The van der Waals surface area contributed by atoms with Gasteiger partial charge in [-0.1, -0.05) is 54.5 Å². The molecule has 34 heavy (non-hydrogen) atoms. The molecule has 0 saturated carbocycles. The van der Waals surface area contributed by atoms with E-state index in [1.54, 1.807) is 31.2 Å². The van der Waals surface area contributed by atoms with Gasteiger partial charge in [-0.2, -0.15) is 0 Å². The second kappa shape index (κ2) is 9.79. The second-order valence-electron chi connectivity index (χ2n) is 7.96. The van der Waals surface area contributed by atoms with Gasteiger partial charge in [0.25, 0.3) is 5.91 Å². The zero-order chi connectivity index (χ0) is 24.5. The van der Waals surface area contributed by atoms with E-state index in [-0.39, 0.29) is 23.1 Å². The number of fused-ring (bicyclic) bond motifs is 1. The topological polar surface area (TPSA) is 99.1 Å². The number of carbonyl (C=O) groups excluding carboxylic acids is 2. The summed E-state index contributed by atoms with van der Waals surface area (Å²) in [4.78, 5) is 26.4. The lowest BCUT2D eigenvalue weighted by molar-refractivity contribution is -0.122. The molecule has 1 aliphatic rings. The van der Waals surface area contributed by atoms with Gasteiger partial charge >= 0.3 is 5.97 Å². The van der Waals surface area contributed by atoms with Crippen molar-refractivity contribution in [2.75, 3.05) is 18.5 Å². The molecule has 0 atom stereocenters. The number of ether oxygens (including phenoxy) is 1. The SMILES string of the molecule is CCCCN1C(=O)C(Nc2ccc3sc(C(=O)OCC)c(C)c3c2)=C(c2ccccc2)S1(O)O. The predicted octanol–water partition coefficient (Wildman–Crippen LogP) is 6.48. The molecule has 1 aromatic heterocycles. The predicted molar refractivity (Wildman–Crippen MR) is 139 cm³/mol. The maximum atomic E-state index is 13.4. The van der Waals surface area contributed by atoms with Gasteiger partial charge in [-0.05, 0) is 49.4 Å². The van der Waals surface area contributed by atoms with Gasteiger partial charge < -0.3 is 10.1 Å². The molecule has 0 aliphatic carbocycles. The minimum absolute atomic E-state index is 0.153. The molecule has 1 aliphatic heterocycles. The van der Waals surface area contributed by atoms with Crippen LogP contribution < -0.4 is 5.32 Å². The molecule has 0 unspecified atom stereocenters. The first-order chi connectivity index (χ1) is 16.3. The third-order valence-corrected chi connectivity index (χ3v) is 8.87. The zero-order valence-electron chi connectivity index (χ0n) is 19.3. The first-order valence-electron chi connectivity index (χ1n) is 11.2. The number of aryl methyl sites for hydroxylation is 1. The number of carbonyl (C=O) groups is 2. The third-order valence-electron chi connectivity index (χ3n) is 5.67. The van der Waals surface area contributed by atoms with Crippen LogP contribution in [0.4, 0.5) is 5.69 Å². The highest BCUT2D eigenvalue weighted by Gasteiger charge is 2.44. The highest BCUT2D eigenvalue weighted by Crippen LogP contribution is 2.62. The fourth-order valence-corrected chi connectivity index (χ4v) is 6.83. The molecule has 2 heterocycles. The summed E-state index contributed by atoms with van der Waals surface area (Å²) in [6.45, 7) is 6.18. The highest BCUT2D eigenvalue weighted by molar-refractivity contribution is 8.31. The monoisotopic (exact) mass is 500 g/mol. The van der Waals surface area contributed by atoms with E-state index in [1.807, 2.05) is 38.1 Å². The van der Waals surface area contributed by atoms with Gasteiger partial charge in [0, 0.05) is 22.5 Å². The summed E-state index contributed by atoms with van der Waals surface area (Å²) in [5.74, 6) is -0.794. The van der Waals surface area contributed by atoms with Crippen molar-refractivity contribution in [3.05, 3.63) is 70.2 Å². The number of thiophene rings is 1. The average molecular weight is 501 g/mol. The Hall–Kier alpha value is -2.85. The molecule has 4 rings (SSSR count). The van der Waals surface area contributed by atoms with Gasteiger partial charge in [0.15, 0.2) is 0 Å². The largest absolute Gasteiger partial charge is 0.462 e. The Balaban J connectivity index is 1.77. The number of hydrogen-bond donors (Lipinski definition) is 3. The number of rotatable bonds is 8. The first-order valence-corrected chi connectivity index (χ1v) is 13.5. The van der Waals surface area contributed by atoms with Crippen LogP contribution in [-0.4, -0.2) is 38.4 Å². The van der Waals surface area contributed by atoms with E-state index >= 15 is 0 Å². The Morgan fingerprint density at radius 1 is 1.15 bits per heavy atom. The van der Waals surface area contributed by atoms with E-state index < -0.39 is 16.7 Å². The van der Waals surface area contributed by atoms with Crippen LogP contribution in [0.25, 0.3) is 15.0 Å². The van der Waals surface area contributed by atoms with Crippen molar-refractivity contribution >= 4 is 54.7 Å². The van der Waals surface area contributed by atoms with E-state index in [0.29, 0.717) is 29.2 Å². The summed E-state index contributed by atoms with van der Waals surface area (Å²) in [6.07, 6.45) is 1.48. The van der Waals surface area contributed by atoms with Gasteiger partial charge in [-0.3, -0.25) is 13.9 Å². The maximum absolute atomic E-state index is 13.4. The lowest BCUT2D eigenvalue weighted by atomic mass is 10.1. The zero-order valence-corrected chi connectivity index (χ0v) is 21.0. The number of benzene rings is 2. The molecular weight excluding hydrogens is 472 g/mol. The van der Waals surface area contributed by atoms with Crippen LogP contribution in [0.3, 0.4) is 0 Å². The molecule has 2 aromatic carbocycles. The summed E-state index contributed by atoms with van der Waals surface area (Å²) in [6, 6.07) is 14.5. The Labute approximate surface area is 204 Å². The summed E-state index contributed by atoms with van der Waals surface area (Å²) < 4.78 is 29.5. The molecule has 0 saturated heterocycles. The van der Waals surface area contributed by atoms with Crippen LogP contribution in [-0.2, 0) is 9.53 Å². The number of amides is 1. The Bertz CT molecular complexity index is 1270. The number of nitrogens with one attached hydrogen (secondary N) is 1. The summed E-state index contributed by atoms with van der Waals surface area (Å²) >= 11 is 1.37. The quantitative estimate of drug-likeness (QED) is 0.306. The third kappa shape index (κ3) is 4.32. The number of hydrogen-bond acceptors (Lipinski definition) is 7. The molecule has 180 valence electrons. The Kier molecular flexibility index (Phi) is 6.99. The van der Waals surface area contributed by atoms with E-state index in [4.69, 9.17) is 4.74 Å². The van der Waals surface area contributed by atoms with Crippen molar-refractivity contribution in [1.29, 1.82) is 0 Å². The second-order valence-corrected chi connectivity index (χ2v) is 10.9. The van der Waals surface area contributed by atoms with Gasteiger partial charge in [-0.25, -0.2) is 9.10 Å². The average Bonchev–Trinajstić information content (AvgIpc) is 3.24. The van der Waals surface area contributed by atoms with Crippen LogP contribution in [0, 0.1) is 6.92 Å². The fraction of sp³-hybridized carbons (Fsp3) is 0.280. The maximum Gasteiger partial charge on any atom is 0.348 e. The van der Waals surface area contributed by atoms with E-state index in [9.17, 15) is 18.7 Å². The van der Waals surface area contributed by atoms with Gasteiger partial charge in [0.05, 0.1) is 6.61 Å². The molecule has 3 aromatic rings. The van der Waals surface area contributed by atoms with Crippen LogP contribution in [0.15, 0.2) is 54.2 Å². The molecule has 7 nitrogen and oxygen atoms in total. The van der Waals surface area contributed by atoms with Gasteiger partial charge in [0.1, 0.15) is 15.5 Å². The van der Waals surface area contributed by atoms with Crippen LogP contribution in [0.5, 0.6) is 0 Å². The summed E-state index contributed by atoms with van der Waals surface area (Å²) in [5.41, 5.74) is 2.16.